The molecule has 60 valence electrons. The van der Waals surface area contributed by atoms with Gasteiger partial charge in [0.25, 0.3) is 0 Å². The van der Waals surface area contributed by atoms with Gasteiger partial charge < -0.3 is 4.12 Å². The third kappa shape index (κ3) is 11.9. The Bertz CT molecular complexity index is 80.9. The molecule has 0 spiro atoms. The third-order valence-corrected chi connectivity index (χ3v) is 5.51. The fourth-order valence-electron chi connectivity index (χ4n) is 0.919. The summed E-state index contributed by atoms with van der Waals surface area (Å²) in [5, 5.41) is 0. The average Bonchev–Trinajstić information content (AvgIpc) is 1.14. The molecule has 0 aromatic carbocycles. The van der Waals surface area contributed by atoms with E-state index in [0.717, 1.165) is 0 Å². The number of rotatable bonds is 2. The summed E-state index contributed by atoms with van der Waals surface area (Å²) < 4.78 is 5.90. The van der Waals surface area contributed by atoms with E-state index in [1.54, 1.807) is 0 Å². The summed E-state index contributed by atoms with van der Waals surface area (Å²) in [7, 11) is -2.46. The van der Waals surface area contributed by atoms with Crippen molar-refractivity contribution in [3.05, 3.63) is 0 Å². The van der Waals surface area contributed by atoms with Crippen LogP contribution in [0.3, 0.4) is 0 Å². The second kappa shape index (κ2) is 4.21. The van der Waals surface area contributed by atoms with E-state index in [9.17, 15) is 0 Å². The van der Waals surface area contributed by atoms with E-state index in [2.05, 4.69) is 39.3 Å². The minimum atomic E-state index is -1.23. The van der Waals surface area contributed by atoms with Crippen molar-refractivity contribution in [1.29, 1.82) is 0 Å². The van der Waals surface area contributed by atoms with Crippen LogP contribution in [0.25, 0.3) is 0 Å². The fraction of sp³-hybridized carbons (Fsp3) is 1.00. The molecular weight excluding hydrogens is 192 g/mol. The monoisotopic (exact) mass is 210 g/mol. The Balaban J connectivity index is 0. The molecule has 0 aliphatic carbocycles. The smallest absolute Gasteiger partial charge is 0.170 e. The molecule has 0 saturated carbocycles. The van der Waals surface area contributed by atoms with Gasteiger partial charge >= 0.3 is 0 Å². The Morgan fingerprint density at radius 3 is 0.900 bits per heavy atom. The summed E-state index contributed by atoms with van der Waals surface area (Å²) in [5.74, 6) is 0. The topological polar surface area (TPSA) is 9.23 Å². The quantitative estimate of drug-likeness (QED) is 0.637. The zero-order valence-corrected chi connectivity index (χ0v) is 11.5. The van der Waals surface area contributed by atoms with Crippen LogP contribution in [0.1, 0.15) is 0 Å². The molecule has 0 saturated heterocycles. The molecule has 0 aliphatic heterocycles. The van der Waals surface area contributed by atoms with Crippen LogP contribution in [0.2, 0.25) is 39.3 Å². The molecular formula is C6H18OSi2Ti. The standard InChI is InChI=1S/C6H18OSi2.Ti/c1-8(2,3)7-9(4,5)6;/h1-6H3;. The van der Waals surface area contributed by atoms with Crippen LogP contribution in [0.4, 0.5) is 0 Å². The second-order valence-electron chi connectivity index (χ2n) is 4.33. The molecule has 0 fully saturated rings. The second-order valence-corrected chi connectivity index (χ2v) is 13.6. The van der Waals surface area contributed by atoms with Crippen molar-refractivity contribution in [3.63, 3.8) is 0 Å². The van der Waals surface area contributed by atoms with Gasteiger partial charge in [-0.2, -0.15) is 0 Å². The zero-order valence-electron chi connectivity index (χ0n) is 7.91. The van der Waals surface area contributed by atoms with Crippen LogP contribution in [-0.4, -0.2) is 16.6 Å². The SMILES string of the molecule is C[Si](C)(C)O[Si](C)(C)C.[Ti]. The normalized spacial score (nSPS) is 12.6. The third-order valence-electron chi connectivity index (χ3n) is 0.612. The summed E-state index contributed by atoms with van der Waals surface area (Å²) in [6.45, 7) is 13.4. The van der Waals surface area contributed by atoms with Gasteiger partial charge in [-0.3, -0.25) is 0 Å². The summed E-state index contributed by atoms with van der Waals surface area (Å²) in [4.78, 5) is 0. The van der Waals surface area contributed by atoms with Crippen molar-refractivity contribution in [2.75, 3.05) is 0 Å². The van der Waals surface area contributed by atoms with Gasteiger partial charge in [-0.15, -0.1) is 0 Å². The fourth-order valence-corrected chi connectivity index (χ4v) is 8.27. The van der Waals surface area contributed by atoms with Crippen molar-refractivity contribution in [2.45, 2.75) is 39.3 Å². The van der Waals surface area contributed by atoms with Gasteiger partial charge in [0.05, 0.1) is 0 Å². The number of hydrogen-bond acceptors (Lipinski definition) is 1. The molecule has 1 nitrogen and oxygen atoms in total. The number of hydrogen-bond donors (Lipinski definition) is 0. The van der Waals surface area contributed by atoms with Crippen LogP contribution in [0, 0.1) is 0 Å². The van der Waals surface area contributed by atoms with Gasteiger partial charge in [0.2, 0.25) is 0 Å². The molecule has 0 atom stereocenters. The summed E-state index contributed by atoms with van der Waals surface area (Å²) in [6.07, 6.45) is 0. The largest absolute Gasteiger partial charge is 0.456 e. The van der Waals surface area contributed by atoms with E-state index in [-0.39, 0.29) is 21.7 Å². The minimum Gasteiger partial charge on any atom is -0.456 e. The summed E-state index contributed by atoms with van der Waals surface area (Å²) in [6, 6.07) is 0. The van der Waals surface area contributed by atoms with Crippen molar-refractivity contribution in [3.8, 4) is 0 Å². The van der Waals surface area contributed by atoms with Crippen molar-refractivity contribution in [1.82, 2.24) is 0 Å². The Morgan fingerprint density at radius 2 is 0.900 bits per heavy atom. The van der Waals surface area contributed by atoms with Crippen LogP contribution in [0.5, 0.6) is 0 Å². The molecule has 4 heteroatoms. The molecule has 0 bridgehead atoms. The van der Waals surface area contributed by atoms with Crippen molar-refractivity contribution < 1.29 is 25.8 Å². The maximum absolute atomic E-state index is 5.90. The molecule has 10 heavy (non-hydrogen) atoms. The molecule has 0 radical (unpaired) electrons. The zero-order chi connectivity index (χ0) is 7.71. The van der Waals surface area contributed by atoms with Gasteiger partial charge in [-0.05, 0) is 39.3 Å². The van der Waals surface area contributed by atoms with E-state index >= 15 is 0 Å². The van der Waals surface area contributed by atoms with Crippen LogP contribution < -0.4 is 0 Å². The molecule has 0 rings (SSSR count). The predicted molar refractivity (Wildman–Crippen MR) is 47.8 cm³/mol. The Kier molecular flexibility index (Phi) is 5.76. The van der Waals surface area contributed by atoms with Crippen molar-refractivity contribution in [2.24, 2.45) is 0 Å². The molecule has 0 aliphatic rings. The van der Waals surface area contributed by atoms with Gasteiger partial charge in [-0.1, -0.05) is 0 Å². The van der Waals surface area contributed by atoms with Crippen LogP contribution >= 0.6 is 0 Å². The van der Waals surface area contributed by atoms with Gasteiger partial charge in [0.1, 0.15) is 0 Å². The van der Waals surface area contributed by atoms with E-state index in [1.165, 1.54) is 0 Å². The van der Waals surface area contributed by atoms with E-state index in [1.807, 2.05) is 0 Å². The molecule has 0 amide bonds. The Morgan fingerprint density at radius 1 is 0.700 bits per heavy atom. The maximum atomic E-state index is 5.90. The molecule has 0 unspecified atom stereocenters. The van der Waals surface area contributed by atoms with E-state index < -0.39 is 16.6 Å². The van der Waals surface area contributed by atoms with Crippen molar-refractivity contribution >= 4 is 16.6 Å². The molecule has 0 aromatic heterocycles. The summed E-state index contributed by atoms with van der Waals surface area (Å²) >= 11 is 0. The Hall–Kier alpha value is 1.11. The van der Waals surface area contributed by atoms with Gasteiger partial charge in [0.15, 0.2) is 16.6 Å². The van der Waals surface area contributed by atoms with Gasteiger partial charge in [-0.25, -0.2) is 0 Å². The molecule has 0 N–H and O–H groups in total. The van der Waals surface area contributed by atoms with Crippen LogP contribution in [-0.2, 0) is 25.8 Å². The maximum Gasteiger partial charge on any atom is 0.170 e. The Labute approximate surface area is 81.7 Å². The molecule has 0 heterocycles. The summed E-state index contributed by atoms with van der Waals surface area (Å²) in [5.41, 5.74) is 0. The minimum absolute atomic E-state index is 0. The first-order valence-electron chi connectivity index (χ1n) is 3.41. The first-order valence-corrected chi connectivity index (χ1v) is 10.2. The average molecular weight is 210 g/mol. The van der Waals surface area contributed by atoms with E-state index in [0.29, 0.717) is 0 Å². The first kappa shape index (κ1) is 13.7. The van der Waals surface area contributed by atoms with Gasteiger partial charge in [0, 0.05) is 21.7 Å². The predicted octanol–water partition coefficient (Wildman–Crippen LogP) is 2.67. The van der Waals surface area contributed by atoms with Crippen LogP contribution in [0.15, 0.2) is 0 Å². The van der Waals surface area contributed by atoms with E-state index in [4.69, 9.17) is 4.12 Å². The molecule has 0 aromatic rings. The first-order chi connectivity index (χ1) is 3.71.